The molecule has 0 aliphatic carbocycles. The van der Waals surface area contributed by atoms with E-state index in [1.165, 1.54) is 134 Å². The Balaban J connectivity index is 0.000000144. The summed E-state index contributed by atoms with van der Waals surface area (Å²) in [5.74, 6) is 1.18. The van der Waals surface area contributed by atoms with Crippen LogP contribution in [0.15, 0.2) is 188 Å². The smallest absolute Gasteiger partial charge is 0.0920 e. The molecule has 1 aliphatic rings. The summed E-state index contributed by atoms with van der Waals surface area (Å²) >= 11 is -0.826. The Bertz CT molecular complexity index is 3080. The summed E-state index contributed by atoms with van der Waals surface area (Å²) in [5.41, 5.74) is 21.5. The van der Waals surface area contributed by atoms with Gasteiger partial charge in [-0.05, 0) is 72.9 Å². The van der Waals surface area contributed by atoms with Crippen LogP contribution in [0.2, 0.25) is 0 Å². The van der Waals surface area contributed by atoms with E-state index in [0.29, 0.717) is 11.8 Å². The van der Waals surface area contributed by atoms with Crippen LogP contribution in [0.25, 0.3) is 77.2 Å². The van der Waals surface area contributed by atoms with Crippen molar-refractivity contribution in [1.29, 1.82) is 0 Å². The molecule has 2 unspecified atom stereocenters. The molecule has 0 amide bonds. The van der Waals surface area contributed by atoms with Crippen LogP contribution in [0.1, 0.15) is 85.8 Å². The zero-order valence-electron chi connectivity index (χ0n) is 41.7. The van der Waals surface area contributed by atoms with Crippen LogP contribution in [-0.4, -0.2) is 9.52 Å². The fourth-order valence-corrected chi connectivity index (χ4v) is 11.3. The molecule has 0 saturated carbocycles. The minimum atomic E-state index is -0.826. The van der Waals surface area contributed by atoms with Gasteiger partial charge in [0.15, 0.2) is 0 Å². The van der Waals surface area contributed by atoms with E-state index in [1.54, 1.807) is 0 Å². The Labute approximate surface area is 439 Å². The summed E-state index contributed by atoms with van der Waals surface area (Å²) < 4.78 is 0. The molecule has 10 aromatic carbocycles. The molecule has 1 heterocycles. The van der Waals surface area contributed by atoms with Crippen molar-refractivity contribution in [3.63, 3.8) is 0 Å². The van der Waals surface area contributed by atoms with E-state index in [1.807, 2.05) is 6.07 Å². The molecule has 2 radical (unpaired) electrons. The average Bonchev–Trinajstić information content (AvgIpc) is 4.12. The second-order valence-corrected chi connectivity index (χ2v) is 23.9. The molecule has 4 heteroatoms. The third-order valence-electron chi connectivity index (χ3n) is 13.7. The largest absolute Gasteiger partial charge is 0.184 e. The number of hydrogen-bond acceptors (Lipinski definition) is 0. The van der Waals surface area contributed by atoms with Crippen molar-refractivity contribution in [2.75, 3.05) is 0 Å². The Hall–Kier alpha value is -5.34. The molecular formula is C66H61Cl2SiZr-3. The maximum atomic E-state index is 4.93. The van der Waals surface area contributed by atoms with Gasteiger partial charge in [-0.15, -0.1) is 62.5 Å². The van der Waals surface area contributed by atoms with E-state index in [0.717, 1.165) is 9.52 Å². The van der Waals surface area contributed by atoms with E-state index < -0.39 is 20.8 Å². The molecule has 0 spiro atoms. The molecule has 0 aromatic heterocycles. The van der Waals surface area contributed by atoms with E-state index in [4.69, 9.17) is 17.0 Å². The van der Waals surface area contributed by atoms with Gasteiger partial charge in [0.1, 0.15) is 0 Å². The summed E-state index contributed by atoms with van der Waals surface area (Å²) in [6, 6.07) is 72.3. The zero-order chi connectivity index (χ0) is 49.3. The Morgan fingerprint density at radius 2 is 0.886 bits per heavy atom. The second kappa shape index (κ2) is 23.7. The molecule has 70 heavy (non-hydrogen) atoms. The topological polar surface area (TPSA) is 0 Å². The van der Waals surface area contributed by atoms with Gasteiger partial charge in [-0.25, -0.2) is 0 Å². The molecule has 0 saturated heterocycles. The first-order valence-electron chi connectivity index (χ1n) is 24.6. The van der Waals surface area contributed by atoms with E-state index in [-0.39, 0.29) is 0 Å². The van der Waals surface area contributed by atoms with Crippen LogP contribution in [0, 0.1) is 33.8 Å². The van der Waals surface area contributed by atoms with Crippen LogP contribution < -0.4 is 10.4 Å². The Morgan fingerprint density at radius 3 is 1.33 bits per heavy atom. The first kappa shape index (κ1) is 51.0. The van der Waals surface area contributed by atoms with Gasteiger partial charge in [0.2, 0.25) is 0 Å². The molecule has 2 atom stereocenters. The minimum absolute atomic E-state index is 0.588. The van der Waals surface area contributed by atoms with Crippen molar-refractivity contribution >= 4 is 58.5 Å². The molecule has 11 rings (SSSR count). The van der Waals surface area contributed by atoms with E-state index >= 15 is 0 Å². The fraction of sp³-hybridized carbons (Fsp3) is 0.182. The first-order valence-corrected chi connectivity index (χ1v) is 31.9. The standard InChI is InChI=1S/2C27H27.C12H7Si.2ClH.Zr/c2*1-5-20(4)23-16-22-11-12-25(21-9-7-6-8-10-21)27(26(22)17-23)24-14-18(2)13-19(3)15-24;1-3-7-11-9(5-1)10-6-2-4-8-12(10)13-11;;;/h2*6-17,20H,5H2,1-4H3;1-7H;2*1H;/q3*-1;;;+2/p-2. The molecule has 0 N–H and O–H groups in total. The van der Waals surface area contributed by atoms with Crippen molar-refractivity contribution < 1.29 is 20.8 Å². The van der Waals surface area contributed by atoms with Gasteiger partial charge in [0, 0.05) is 0 Å². The molecular weight excluding hydrogens is 983 g/mol. The van der Waals surface area contributed by atoms with Gasteiger partial charge >= 0.3 is 37.9 Å². The van der Waals surface area contributed by atoms with Crippen LogP contribution >= 0.6 is 17.0 Å². The van der Waals surface area contributed by atoms with Crippen molar-refractivity contribution in [2.45, 2.75) is 80.1 Å². The number of halogens is 2. The van der Waals surface area contributed by atoms with Crippen LogP contribution in [0.4, 0.5) is 0 Å². The van der Waals surface area contributed by atoms with Crippen molar-refractivity contribution in [3.8, 4) is 55.6 Å². The summed E-state index contributed by atoms with van der Waals surface area (Å²) in [6.07, 6.45) is 2.33. The minimum Gasteiger partial charge on any atom is -0.184 e. The van der Waals surface area contributed by atoms with Crippen LogP contribution in [-0.2, 0) is 20.8 Å². The van der Waals surface area contributed by atoms with Gasteiger partial charge in [-0.2, -0.15) is 41.6 Å². The number of rotatable bonds is 8. The van der Waals surface area contributed by atoms with E-state index in [2.05, 4.69) is 243 Å². The number of aryl methyl sites for hydroxylation is 4. The summed E-state index contributed by atoms with van der Waals surface area (Å²) in [5, 5.41) is 8.26. The molecule has 0 fully saturated rings. The maximum absolute atomic E-state index is 4.93. The monoisotopic (exact) mass is 1040 g/mol. The van der Waals surface area contributed by atoms with Crippen molar-refractivity contribution in [2.24, 2.45) is 0 Å². The quantitative estimate of drug-likeness (QED) is 0.105. The number of benzene rings is 8. The van der Waals surface area contributed by atoms with Gasteiger partial charge in [-0.3, -0.25) is 0 Å². The normalized spacial score (nSPS) is 12.1. The summed E-state index contributed by atoms with van der Waals surface area (Å²) in [6.45, 7) is 17.9. The third kappa shape index (κ3) is 11.7. The summed E-state index contributed by atoms with van der Waals surface area (Å²) in [4.78, 5) is 0. The second-order valence-electron chi connectivity index (χ2n) is 18.9. The third-order valence-corrected chi connectivity index (χ3v) is 15.1. The molecule has 1 aliphatic heterocycles. The van der Waals surface area contributed by atoms with Gasteiger partial charge in [0.25, 0.3) is 0 Å². The van der Waals surface area contributed by atoms with Crippen LogP contribution in [0.3, 0.4) is 0 Å². The number of hydrogen-bond donors (Lipinski definition) is 0. The Kier molecular flexibility index (Phi) is 17.3. The average molecular weight is 1040 g/mol. The maximum Gasteiger partial charge on any atom is 0.0920 e. The van der Waals surface area contributed by atoms with Gasteiger partial charge in [-0.1, -0.05) is 218 Å². The van der Waals surface area contributed by atoms with Crippen LogP contribution in [0.5, 0.6) is 0 Å². The molecule has 350 valence electrons. The van der Waals surface area contributed by atoms with Crippen molar-refractivity contribution in [3.05, 3.63) is 228 Å². The molecule has 0 bridgehead atoms. The van der Waals surface area contributed by atoms with Gasteiger partial charge < -0.3 is 0 Å². The SMILES string of the molecule is CCC(C)c1cc2c(-c3cc(C)cc(C)c3)c(-c3ccccc3)ccc2[cH-]1.CCC(C)c1cc2c(-c3cc(C)cc(C)c3)c(-c3ccccc3)ccc2[cH-]1.[Cl][Zr][Cl].[c-]1cccc2c1[Si]c1ccccc1-2. The van der Waals surface area contributed by atoms with Gasteiger partial charge in [0.05, 0.1) is 9.52 Å². The molecule has 0 nitrogen and oxygen atoms in total. The zero-order valence-corrected chi connectivity index (χ0v) is 46.7. The predicted octanol–water partition coefficient (Wildman–Crippen LogP) is 18.5. The number of fused-ring (bicyclic) bond motifs is 5. The predicted molar refractivity (Wildman–Crippen MR) is 305 cm³/mol. The van der Waals surface area contributed by atoms with Crippen molar-refractivity contribution in [1.82, 2.24) is 0 Å². The molecule has 10 aromatic rings. The fourth-order valence-electron chi connectivity index (χ4n) is 9.95. The summed E-state index contributed by atoms with van der Waals surface area (Å²) in [7, 11) is 10.7. The van der Waals surface area contributed by atoms with E-state index in [9.17, 15) is 0 Å². The Morgan fingerprint density at radius 1 is 0.471 bits per heavy atom. The first-order chi connectivity index (χ1) is 34.0.